The molecule has 3 aromatic heterocycles. The van der Waals surface area contributed by atoms with Crippen molar-refractivity contribution < 1.29 is 9.13 Å². The quantitative estimate of drug-likeness (QED) is 0.446. The Morgan fingerprint density at radius 2 is 2.09 bits per heavy atom. The molecular weight excluding hydrogens is 459 g/mol. The second-order valence-corrected chi connectivity index (χ2v) is 9.13. The van der Waals surface area contributed by atoms with Crippen LogP contribution in [0.15, 0.2) is 41.5 Å². The number of fused-ring (bicyclic) bond motifs is 2. The number of rotatable bonds is 3. The van der Waals surface area contributed by atoms with Gasteiger partial charge in [0.15, 0.2) is 0 Å². The highest BCUT2D eigenvalue weighted by Gasteiger charge is 2.27. The molecule has 34 heavy (non-hydrogen) atoms. The van der Waals surface area contributed by atoms with Crippen LogP contribution >= 0.6 is 11.6 Å². The highest BCUT2D eigenvalue weighted by Crippen LogP contribution is 2.33. The number of hydrogen-bond acceptors (Lipinski definition) is 6. The molecule has 5 heterocycles. The van der Waals surface area contributed by atoms with Crippen LogP contribution in [0.3, 0.4) is 0 Å². The molecule has 174 valence electrons. The third-order valence-electron chi connectivity index (χ3n) is 6.46. The summed E-state index contributed by atoms with van der Waals surface area (Å²) in [7, 11) is 1.86. The van der Waals surface area contributed by atoms with Crippen LogP contribution in [0.2, 0.25) is 5.02 Å². The van der Waals surface area contributed by atoms with E-state index in [1.54, 1.807) is 33.6 Å². The van der Waals surface area contributed by atoms with E-state index in [0.717, 1.165) is 12.0 Å². The average molecular weight is 481 g/mol. The van der Waals surface area contributed by atoms with E-state index in [9.17, 15) is 4.79 Å². The summed E-state index contributed by atoms with van der Waals surface area (Å²) in [6.07, 6.45) is 5.10. The first kappa shape index (κ1) is 21.2. The van der Waals surface area contributed by atoms with E-state index >= 15 is 4.39 Å². The van der Waals surface area contributed by atoms with Gasteiger partial charge in [-0.1, -0.05) is 11.6 Å². The third kappa shape index (κ3) is 3.56. The van der Waals surface area contributed by atoms with Gasteiger partial charge < -0.3 is 9.64 Å². The first-order valence-corrected chi connectivity index (χ1v) is 11.6. The van der Waals surface area contributed by atoms with E-state index in [-0.39, 0.29) is 17.2 Å². The van der Waals surface area contributed by atoms with Crippen LogP contribution in [-0.4, -0.2) is 44.0 Å². The number of nitrogens with zero attached hydrogens (tertiary/aromatic N) is 6. The second-order valence-electron chi connectivity index (χ2n) is 8.69. The lowest BCUT2D eigenvalue weighted by atomic mass is 10.1. The Kier molecular flexibility index (Phi) is 5.11. The summed E-state index contributed by atoms with van der Waals surface area (Å²) < 4.78 is 24.4. The molecule has 0 bridgehead atoms. The molecule has 0 N–H and O–H groups in total. The second kappa shape index (κ2) is 8.18. The molecule has 8 nitrogen and oxygen atoms in total. The lowest BCUT2D eigenvalue weighted by molar-refractivity contribution is 0.0395. The number of halogens is 2. The minimum atomic E-state index is -0.504. The van der Waals surface area contributed by atoms with Crippen molar-refractivity contribution in [1.29, 1.82) is 0 Å². The zero-order valence-electron chi connectivity index (χ0n) is 18.5. The first-order chi connectivity index (χ1) is 16.5. The number of benzene rings is 1. The maximum atomic E-state index is 15.0. The van der Waals surface area contributed by atoms with Gasteiger partial charge in [-0.3, -0.25) is 14.0 Å². The number of ether oxygens (including phenoxy) is 1. The van der Waals surface area contributed by atoms with Crippen molar-refractivity contribution in [2.24, 2.45) is 7.05 Å². The van der Waals surface area contributed by atoms with E-state index in [1.165, 1.54) is 6.07 Å². The van der Waals surface area contributed by atoms with Crippen LogP contribution in [0.5, 0.6) is 0 Å². The number of aryl methyl sites for hydroxylation is 2. The molecule has 0 spiro atoms. The van der Waals surface area contributed by atoms with Gasteiger partial charge in [0.1, 0.15) is 34.8 Å². The summed E-state index contributed by atoms with van der Waals surface area (Å²) in [4.78, 5) is 25.1. The third-order valence-corrected chi connectivity index (χ3v) is 6.70. The first-order valence-electron chi connectivity index (χ1n) is 11.2. The zero-order chi connectivity index (χ0) is 23.4. The van der Waals surface area contributed by atoms with Crippen molar-refractivity contribution in [2.75, 3.05) is 24.6 Å². The Labute approximate surface area is 199 Å². The van der Waals surface area contributed by atoms with Gasteiger partial charge in [-0.2, -0.15) is 5.10 Å². The molecular formula is C24H22ClFN6O2. The normalized spacial score (nSPS) is 18.0. The highest BCUT2D eigenvalue weighted by atomic mass is 35.5. The molecule has 0 saturated carbocycles. The Morgan fingerprint density at radius 3 is 2.88 bits per heavy atom. The summed E-state index contributed by atoms with van der Waals surface area (Å²) in [5.41, 5.74) is 1.88. The predicted octanol–water partition coefficient (Wildman–Crippen LogP) is 3.51. The zero-order valence-corrected chi connectivity index (χ0v) is 19.3. The van der Waals surface area contributed by atoms with E-state index in [4.69, 9.17) is 26.3 Å². The molecule has 1 fully saturated rings. The highest BCUT2D eigenvalue weighted by molar-refractivity contribution is 6.30. The standard InChI is InChI=1S/C24H22ClFN6O2/c1-30-12-14(11-27-30)19-13-31(7-8-34-19)21-10-17-23(28-20-3-2-6-32(20)24(17)33)22(29-21)16-5-4-15(25)9-18(16)26/h4-5,9-12,19H,2-3,6-8,13H2,1H3/t19-/m0/s1. The molecule has 1 aromatic carbocycles. The summed E-state index contributed by atoms with van der Waals surface area (Å²) in [5, 5.41) is 4.97. The monoisotopic (exact) mass is 480 g/mol. The molecule has 4 aromatic rings. The van der Waals surface area contributed by atoms with Gasteiger partial charge in [-0.15, -0.1) is 0 Å². The SMILES string of the molecule is Cn1cc([C@@H]2CN(c3cc4c(=O)n5c(nc4c(-c4ccc(Cl)cc4F)n3)CCC5)CCO2)cn1. The van der Waals surface area contributed by atoms with Crippen molar-refractivity contribution in [3.05, 3.63) is 69.2 Å². The number of hydrogen-bond donors (Lipinski definition) is 0. The lowest BCUT2D eigenvalue weighted by Crippen LogP contribution is -2.39. The number of anilines is 1. The van der Waals surface area contributed by atoms with Gasteiger partial charge in [0.2, 0.25) is 0 Å². The van der Waals surface area contributed by atoms with Gasteiger partial charge in [0, 0.05) is 55.4 Å². The molecule has 0 aliphatic carbocycles. The van der Waals surface area contributed by atoms with Crippen molar-refractivity contribution in [3.63, 3.8) is 0 Å². The van der Waals surface area contributed by atoms with Crippen LogP contribution in [-0.2, 0) is 24.8 Å². The average Bonchev–Trinajstić information content (AvgIpc) is 3.48. The van der Waals surface area contributed by atoms with E-state index in [2.05, 4.69) is 10.00 Å². The summed E-state index contributed by atoms with van der Waals surface area (Å²) in [6.45, 7) is 2.26. The molecule has 0 radical (unpaired) electrons. The summed E-state index contributed by atoms with van der Waals surface area (Å²) in [5.74, 6) is 0.799. The van der Waals surface area contributed by atoms with Crippen molar-refractivity contribution >= 4 is 28.3 Å². The maximum absolute atomic E-state index is 15.0. The van der Waals surface area contributed by atoms with E-state index < -0.39 is 5.82 Å². The molecule has 2 aliphatic rings. The van der Waals surface area contributed by atoms with Crippen LogP contribution in [0.4, 0.5) is 10.2 Å². The molecule has 0 amide bonds. The molecule has 10 heteroatoms. The Balaban J connectivity index is 1.52. The van der Waals surface area contributed by atoms with Crippen molar-refractivity contribution in [2.45, 2.75) is 25.5 Å². The predicted molar refractivity (Wildman–Crippen MR) is 127 cm³/mol. The summed E-state index contributed by atoms with van der Waals surface area (Å²) in [6, 6.07) is 6.24. The fourth-order valence-corrected chi connectivity index (χ4v) is 4.93. The molecule has 2 aliphatic heterocycles. The smallest absolute Gasteiger partial charge is 0.261 e. The fraction of sp³-hybridized carbons (Fsp3) is 0.333. The topological polar surface area (TPSA) is 78.1 Å². The largest absolute Gasteiger partial charge is 0.370 e. The fourth-order valence-electron chi connectivity index (χ4n) is 4.77. The molecule has 0 unspecified atom stereocenters. The van der Waals surface area contributed by atoms with E-state index in [1.807, 2.05) is 13.2 Å². The van der Waals surface area contributed by atoms with Crippen LogP contribution in [0.1, 0.15) is 23.9 Å². The minimum Gasteiger partial charge on any atom is -0.370 e. The Morgan fingerprint density at radius 1 is 1.21 bits per heavy atom. The van der Waals surface area contributed by atoms with Crippen molar-refractivity contribution in [1.82, 2.24) is 24.3 Å². The van der Waals surface area contributed by atoms with Crippen molar-refractivity contribution in [3.8, 4) is 11.3 Å². The van der Waals surface area contributed by atoms with Gasteiger partial charge >= 0.3 is 0 Å². The lowest BCUT2D eigenvalue weighted by Gasteiger charge is -2.33. The van der Waals surface area contributed by atoms with Crippen LogP contribution in [0.25, 0.3) is 22.2 Å². The van der Waals surface area contributed by atoms with Gasteiger partial charge in [0.05, 0.1) is 18.2 Å². The molecule has 1 atom stereocenters. The summed E-state index contributed by atoms with van der Waals surface area (Å²) >= 11 is 6.00. The Hall–Kier alpha value is -3.30. The molecule has 6 rings (SSSR count). The number of pyridine rings is 1. The van der Waals surface area contributed by atoms with E-state index in [0.29, 0.717) is 65.9 Å². The Bertz CT molecular complexity index is 1480. The number of aromatic nitrogens is 5. The maximum Gasteiger partial charge on any atom is 0.261 e. The van der Waals surface area contributed by atoms with Crippen LogP contribution < -0.4 is 10.5 Å². The van der Waals surface area contributed by atoms with Gasteiger partial charge in [-0.25, -0.2) is 14.4 Å². The molecule has 1 saturated heterocycles. The number of morpholine rings is 1. The van der Waals surface area contributed by atoms with Gasteiger partial charge in [-0.05, 0) is 30.7 Å². The van der Waals surface area contributed by atoms with Crippen LogP contribution in [0, 0.1) is 5.82 Å². The van der Waals surface area contributed by atoms with Gasteiger partial charge in [0.25, 0.3) is 5.56 Å². The minimum absolute atomic E-state index is 0.117.